The Bertz CT molecular complexity index is 260. The first kappa shape index (κ1) is 9.65. The smallest absolute Gasteiger partial charge is 0.119 e. The summed E-state index contributed by atoms with van der Waals surface area (Å²) in [6.07, 6.45) is 6.10. The van der Waals surface area contributed by atoms with Crippen molar-refractivity contribution in [1.29, 1.82) is 0 Å². The molecule has 1 aromatic rings. The summed E-state index contributed by atoms with van der Waals surface area (Å²) in [5.41, 5.74) is 0. The Kier molecular flexibility index (Phi) is 2.82. The number of hydrogen-bond donors (Lipinski definition) is 0. The minimum absolute atomic E-state index is 0.611. The van der Waals surface area contributed by atoms with Crippen molar-refractivity contribution in [3.05, 3.63) is 12.7 Å². The lowest BCUT2D eigenvalue weighted by atomic mass is 10.0. The Morgan fingerprint density at radius 3 is 2.21 bits per heavy atom. The molecule has 0 spiro atoms. The standard InChI is InChI=1S/C10H18N4/c1-9(2)13-5-3-10(4-6-13)14-7-11-12-8-14/h7-10H,3-6H2,1-2H3. The van der Waals surface area contributed by atoms with Gasteiger partial charge in [0.15, 0.2) is 0 Å². The third kappa shape index (κ3) is 1.95. The van der Waals surface area contributed by atoms with Crippen LogP contribution >= 0.6 is 0 Å². The lowest BCUT2D eigenvalue weighted by molar-refractivity contribution is 0.152. The molecule has 2 rings (SSSR count). The van der Waals surface area contributed by atoms with E-state index < -0.39 is 0 Å². The number of hydrogen-bond acceptors (Lipinski definition) is 3. The molecule has 0 amide bonds. The van der Waals surface area contributed by atoms with Crippen molar-refractivity contribution in [2.75, 3.05) is 13.1 Å². The molecule has 78 valence electrons. The monoisotopic (exact) mass is 194 g/mol. The molecule has 1 aliphatic rings. The van der Waals surface area contributed by atoms with Gasteiger partial charge in [0.05, 0.1) is 0 Å². The minimum atomic E-state index is 0.611. The molecule has 1 aromatic heterocycles. The third-order valence-corrected chi connectivity index (χ3v) is 3.09. The maximum Gasteiger partial charge on any atom is 0.119 e. The van der Waals surface area contributed by atoms with E-state index in [2.05, 4.69) is 33.5 Å². The summed E-state index contributed by atoms with van der Waals surface area (Å²) in [6, 6.07) is 1.29. The highest BCUT2D eigenvalue weighted by Crippen LogP contribution is 2.22. The van der Waals surface area contributed by atoms with E-state index in [9.17, 15) is 0 Å². The second kappa shape index (κ2) is 4.09. The molecule has 4 nitrogen and oxygen atoms in total. The van der Waals surface area contributed by atoms with E-state index in [4.69, 9.17) is 0 Å². The highest BCUT2D eigenvalue weighted by molar-refractivity contribution is 4.80. The van der Waals surface area contributed by atoms with E-state index >= 15 is 0 Å². The molecule has 0 N–H and O–H groups in total. The van der Waals surface area contributed by atoms with E-state index in [-0.39, 0.29) is 0 Å². The van der Waals surface area contributed by atoms with Crippen molar-refractivity contribution in [1.82, 2.24) is 19.7 Å². The van der Waals surface area contributed by atoms with Crippen LogP contribution in [0.4, 0.5) is 0 Å². The molecule has 0 saturated carbocycles. The first-order valence-electron chi connectivity index (χ1n) is 5.35. The molecule has 1 saturated heterocycles. The third-order valence-electron chi connectivity index (χ3n) is 3.09. The highest BCUT2D eigenvalue weighted by atomic mass is 15.3. The van der Waals surface area contributed by atoms with Crippen LogP contribution in [0.5, 0.6) is 0 Å². The van der Waals surface area contributed by atoms with Crippen molar-refractivity contribution in [2.24, 2.45) is 0 Å². The minimum Gasteiger partial charge on any atom is -0.317 e. The van der Waals surface area contributed by atoms with Crippen molar-refractivity contribution in [3.63, 3.8) is 0 Å². The van der Waals surface area contributed by atoms with Crippen LogP contribution in [0, 0.1) is 0 Å². The maximum absolute atomic E-state index is 3.85. The molecule has 1 fully saturated rings. The van der Waals surface area contributed by atoms with Gasteiger partial charge in [-0.3, -0.25) is 0 Å². The second-order valence-corrected chi connectivity index (χ2v) is 4.27. The molecule has 4 heteroatoms. The number of nitrogens with zero attached hydrogens (tertiary/aromatic N) is 4. The van der Waals surface area contributed by atoms with Crippen molar-refractivity contribution in [2.45, 2.75) is 38.8 Å². The van der Waals surface area contributed by atoms with Crippen LogP contribution in [-0.4, -0.2) is 38.8 Å². The zero-order valence-corrected chi connectivity index (χ0v) is 8.93. The average molecular weight is 194 g/mol. The summed E-state index contributed by atoms with van der Waals surface area (Å²) in [5, 5.41) is 7.70. The van der Waals surface area contributed by atoms with Crippen LogP contribution in [0.3, 0.4) is 0 Å². The largest absolute Gasteiger partial charge is 0.317 e. The van der Waals surface area contributed by atoms with Gasteiger partial charge in [-0.25, -0.2) is 0 Å². The summed E-state index contributed by atoms with van der Waals surface area (Å²) in [4.78, 5) is 2.53. The Morgan fingerprint density at radius 1 is 1.14 bits per heavy atom. The van der Waals surface area contributed by atoms with Crippen molar-refractivity contribution >= 4 is 0 Å². The summed E-state index contributed by atoms with van der Waals surface area (Å²) in [6.45, 7) is 6.92. The van der Waals surface area contributed by atoms with Crippen LogP contribution in [0.25, 0.3) is 0 Å². The van der Waals surface area contributed by atoms with E-state index in [0.29, 0.717) is 12.1 Å². The first-order valence-corrected chi connectivity index (χ1v) is 5.35. The average Bonchev–Trinajstić information content (AvgIpc) is 2.71. The molecule has 0 radical (unpaired) electrons. The Labute approximate surface area is 84.9 Å². The number of piperidine rings is 1. The number of rotatable bonds is 2. The van der Waals surface area contributed by atoms with Gasteiger partial charge in [-0.05, 0) is 26.7 Å². The Morgan fingerprint density at radius 2 is 1.71 bits per heavy atom. The fourth-order valence-corrected chi connectivity index (χ4v) is 2.10. The van der Waals surface area contributed by atoms with Crippen LogP contribution in [-0.2, 0) is 0 Å². The summed E-state index contributed by atoms with van der Waals surface area (Å²) < 4.78 is 2.14. The molecular formula is C10H18N4. The van der Waals surface area contributed by atoms with Crippen LogP contribution in [0.1, 0.15) is 32.7 Å². The van der Waals surface area contributed by atoms with Gasteiger partial charge < -0.3 is 9.47 Å². The number of aromatic nitrogens is 3. The predicted octanol–water partition coefficient (Wildman–Crippen LogP) is 1.32. The molecule has 0 aromatic carbocycles. The van der Waals surface area contributed by atoms with E-state index in [1.807, 2.05) is 12.7 Å². The van der Waals surface area contributed by atoms with Gasteiger partial charge >= 0.3 is 0 Å². The summed E-state index contributed by atoms with van der Waals surface area (Å²) >= 11 is 0. The predicted molar refractivity (Wildman–Crippen MR) is 55.0 cm³/mol. The first-order chi connectivity index (χ1) is 6.77. The van der Waals surface area contributed by atoms with Crippen LogP contribution < -0.4 is 0 Å². The molecule has 0 aliphatic carbocycles. The molecule has 2 heterocycles. The van der Waals surface area contributed by atoms with Gasteiger partial charge in [0.25, 0.3) is 0 Å². The lowest BCUT2D eigenvalue weighted by Gasteiger charge is -2.34. The summed E-state index contributed by atoms with van der Waals surface area (Å²) in [7, 11) is 0. The van der Waals surface area contributed by atoms with Gasteiger partial charge in [0.2, 0.25) is 0 Å². The Hall–Kier alpha value is -0.900. The van der Waals surface area contributed by atoms with Gasteiger partial charge in [0.1, 0.15) is 12.7 Å². The van der Waals surface area contributed by atoms with Gasteiger partial charge in [0, 0.05) is 25.2 Å². The van der Waals surface area contributed by atoms with Crippen LogP contribution in [0.15, 0.2) is 12.7 Å². The molecule has 0 atom stereocenters. The lowest BCUT2D eigenvalue weighted by Crippen LogP contribution is -2.38. The fourth-order valence-electron chi connectivity index (χ4n) is 2.10. The van der Waals surface area contributed by atoms with Gasteiger partial charge in [-0.2, -0.15) is 0 Å². The van der Waals surface area contributed by atoms with E-state index in [1.165, 1.54) is 25.9 Å². The van der Waals surface area contributed by atoms with E-state index in [1.54, 1.807) is 0 Å². The quantitative estimate of drug-likeness (QED) is 0.712. The highest BCUT2D eigenvalue weighted by Gasteiger charge is 2.21. The van der Waals surface area contributed by atoms with Crippen molar-refractivity contribution < 1.29 is 0 Å². The SMILES string of the molecule is CC(C)N1CCC(n2cnnc2)CC1. The topological polar surface area (TPSA) is 34.0 Å². The molecule has 14 heavy (non-hydrogen) atoms. The molecule has 0 unspecified atom stereocenters. The van der Waals surface area contributed by atoms with Crippen molar-refractivity contribution in [3.8, 4) is 0 Å². The van der Waals surface area contributed by atoms with Gasteiger partial charge in [-0.1, -0.05) is 0 Å². The summed E-state index contributed by atoms with van der Waals surface area (Å²) in [5.74, 6) is 0. The zero-order valence-electron chi connectivity index (χ0n) is 8.93. The van der Waals surface area contributed by atoms with Crippen LogP contribution in [0.2, 0.25) is 0 Å². The molecule has 0 bridgehead atoms. The normalized spacial score (nSPS) is 20.5. The molecule has 1 aliphatic heterocycles. The fraction of sp³-hybridized carbons (Fsp3) is 0.800. The van der Waals surface area contributed by atoms with E-state index in [0.717, 1.165) is 0 Å². The zero-order chi connectivity index (χ0) is 9.97. The Balaban J connectivity index is 1.90. The molecular weight excluding hydrogens is 176 g/mol. The number of likely N-dealkylation sites (tertiary alicyclic amines) is 1. The second-order valence-electron chi connectivity index (χ2n) is 4.27. The van der Waals surface area contributed by atoms with Gasteiger partial charge in [-0.15, -0.1) is 10.2 Å². The maximum atomic E-state index is 3.85.